The number of nitriles is 1. The molecule has 3 unspecified atom stereocenters. The van der Waals surface area contributed by atoms with Crippen molar-refractivity contribution >= 4 is 5.91 Å². The molecule has 1 aliphatic rings. The van der Waals surface area contributed by atoms with E-state index in [1.54, 1.807) is 4.90 Å². The van der Waals surface area contributed by atoms with Gasteiger partial charge in [-0.25, -0.2) is 0 Å². The first-order valence-electron chi connectivity index (χ1n) is 9.40. The molecule has 0 aromatic heterocycles. The highest BCUT2D eigenvalue weighted by Gasteiger charge is 2.28. The third kappa shape index (κ3) is 5.48. The highest BCUT2D eigenvalue weighted by atomic mass is 16.5. The van der Waals surface area contributed by atoms with Crippen molar-refractivity contribution in [2.24, 2.45) is 0 Å². The highest BCUT2D eigenvalue weighted by Crippen LogP contribution is 2.26. The van der Waals surface area contributed by atoms with Crippen LogP contribution in [0.3, 0.4) is 0 Å². The molecule has 1 heterocycles. The number of benzene rings is 1. The van der Waals surface area contributed by atoms with Crippen LogP contribution in [0.25, 0.3) is 0 Å². The Morgan fingerprint density at radius 1 is 1.44 bits per heavy atom. The van der Waals surface area contributed by atoms with Crippen LogP contribution in [0, 0.1) is 18.3 Å². The topological polar surface area (TPSA) is 74.6 Å². The van der Waals surface area contributed by atoms with Gasteiger partial charge in [0.25, 0.3) is 5.91 Å². The van der Waals surface area contributed by atoms with Crippen LogP contribution in [0.2, 0.25) is 0 Å². The van der Waals surface area contributed by atoms with Crippen LogP contribution in [-0.2, 0) is 9.53 Å². The number of morpholine rings is 1. The predicted octanol–water partition coefficient (Wildman–Crippen LogP) is 3.09. The number of carbonyl (C=O) groups is 1. The summed E-state index contributed by atoms with van der Waals surface area (Å²) in [6.07, 6.45) is 1.44. The Balaban J connectivity index is 2.13. The average molecular weight is 371 g/mol. The minimum atomic E-state index is -0.270. The molecule has 1 aromatic carbocycles. The smallest absolute Gasteiger partial charge is 0.266 e. The first kappa shape index (κ1) is 20.8. The van der Waals surface area contributed by atoms with Gasteiger partial charge in [-0.3, -0.25) is 4.79 Å². The summed E-state index contributed by atoms with van der Waals surface area (Å²) < 4.78 is 11.4. The molecule has 1 fully saturated rings. The number of hydrogen-bond donors (Lipinski definition) is 1. The molecule has 146 valence electrons. The first-order chi connectivity index (χ1) is 12.8. The monoisotopic (exact) mass is 371 g/mol. The van der Waals surface area contributed by atoms with Gasteiger partial charge in [0.05, 0.1) is 24.9 Å². The normalized spacial score (nSPS) is 21.3. The number of nitrogens with one attached hydrogen (secondary N) is 1. The Hall–Kier alpha value is -2.52. The number of rotatable bonds is 6. The molecule has 0 bridgehead atoms. The maximum Gasteiger partial charge on any atom is 0.266 e. The molecule has 6 nitrogen and oxygen atoms in total. The van der Waals surface area contributed by atoms with Gasteiger partial charge in [-0.05, 0) is 40.7 Å². The Bertz CT molecular complexity index is 729. The molecule has 0 saturated carbocycles. The third-order valence-electron chi connectivity index (χ3n) is 4.47. The molecule has 3 atom stereocenters. The zero-order chi connectivity index (χ0) is 20.0. The van der Waals surface area contributed by atoms with Gasteiger partial charge in [-0.2, -0.15) is 5.26 Å². The second kappa shape index (κ2) is 9.43. The Morgan fingerprint density at radius 3 is 2.70 bits per heavy atom. The Kier molecular flexibility index (Phi) is 7.26. The van der Waals surface area contributed by atoms with Crippen molar-refractivity contribution < 1.29 is 14.3 Å². The largest absolute Gasteiger partial charge is 0.494 e. The van der Waals surface area contributed by atoms with Crippen LogP contribution in [-0.4, -0.2) is 42.7 Å². The first-order valence-corrected chi connectivity index (χ1v) is 9.40. The molecule has 2 rings (SSSR count). The maximum atomic E-state index is 12.7. The fraction of sp³-hybridized carbons (Fsp3) is 0.524. The maximum absolute atomic E-state index is 12.7. The van der Waals surface area contributed by atoms with Crippen LogP contribution < -0.4 is 10.1 Å². The lowest BCUT2D eigenvalue weighted by Gasteiger charge is -2.35. The minimum Gasteiger partial charge on any atom is -0.494 e. The van der Waals surface area contributed by atoms with Gasteiger partial charge in [0.15, 0.2) is 0 Å². The van der Waals surface area contributed by atoms with Gasteiger partial charge in [-0.15, -0.1) is 0 Å². The SMILES string of the molecule is CCOc1ccc(C)cc1C(C)N/C=C(/C#N)C(=O)N1CC(C)OC(C)C1. The van der Waals surface area contributed by atoms with Crippen LogP contribution in [0.1, 0.15) is 44.9 Å². The molecule has 0 radical (unpaired) electrons. The predicted molar refractivity (Wildman–Crippen MR) is 104 cm³/mol. The Morgan fingerprint density at radius 2 is 2.11 bits per heavy atom. The number of aryl methyl sites for hydroxylation is 1. The zero-order valence-electron chi connectivity index (χ0n) is 16.8. The van der Waals surface area contributed by atoms with Gasteiger partial charge in [-0.1, -0.05) is 17.7 Å². The van der Waals surface area contributed by atoms with Gasteiger partial charge in [0.2, 0.25) is 0 Å². The fourth-order valence-corrected chi connectivity index (χ4v) is 3.25. The van der Waals surface area contributed by atoms with E-state index in [4.69, 9.17) is 9.47 Å². The Labute approximate surface area is 161 Å². The molecule has 1 amide bonds. The molecule has 1 saturated heterocycles. The summed E-state index contributed by atoms with van der Waals surface area (Å²) in [7, 11) is 0. The molecule has 1 aliphatic heterocycles. The van der Waals surface area contributed by atoms with Crippen molar-refractivity contribution in [3.8, 4) is 11.8 Å². The van der Waals surface area contributed by atoms with Gasteiger partial charge in [0, 0.05) is 24.9 Å². The van der Waals surface area contributed by atoms with E-state index < -0.39 is 0 Å². The van der Waals surface area contributed by atoms with Crippen molar-refractivity contribution in [2.45, 2.75) is 52.9 Å². The van der Waals surface area contributed by atoms with E-state index in [2.05, 4.69) is 11.4 Å². The lowest BCUT2D eigenvalue weighted by Crippen LogP contribution is -2.48. The molecule has 6 heteroatoms. The molecule has 0 aliphatic carbocycles. The summed E-state index contributed by atoms with van der Waals surface area (Å²) >= 11 is 0. The van der Waals surface area contributed by atoms with E-state index in [1.165, 1.54) is 6.20 Å². The van der Waals surface area contributed by atoms with E-state index in [1.807, 2.05) is 52.8 Å². The summed E-state index contributed by atoms with van der Waals surface area (Å²) in [4.78, 5) is 14.4. The number of amides is 1. The zero-order valence-corrected chi connectivity index (χ0v) is 16.8. The van der Waals surface area contributed by atoms with Crippen molar-refractivity contribution in [3.05, 3.63) is 41.1 Å². The van der Waals surface area contributed by atoms with E-state index in [9.17, 15) is 10.1 Å². The average Bonchev–Trinajstić information content (AvgIpc) is 2.62. The summed E-state index contributed by atoms with van der Waals surface area (Å²) in [5.74, 6) is 0.533. The standard InChI is InChI=1S/C21H29N3O3/c1-6-26-20-8-7-14(2)9-19(20)17(5)23-11-18(10-22)21(25)24-12-15(3)27-16(4)13-24/h7-9,11,15-17,23H,6,12-13H2,1-5H3/b18-11-. The van der Waals surface area contributed by atoms with E-state index in [-0.39, 0.29) is 29.7 Å². The fourth-order valence-electron chi connectivity index (χ4n) is 3.25. The van der Waals surface area contributed by atoms with Crippen molar-refractivity contribution in [2.75, 3.05) is 19.7 Å². The summed E-state index contributed by atoms with van der Waals surface area (Å²) in [5.41, 5.74) is 2.21. The van der Waals surface area contributed by atoms with Crippen LogP contribution in [0.4, 0.5) is 0 Å². The van der Waals surface area contributed by atoms with Crippen molar-refractivity contribution in [1.29, 1.82) is 5.26 Å². The minimum absolute atomic E-state index is 0.0365. The van der Waals surface area contributed by atoms with Gasteiger partial charge in [0.1, 0.15) is 17.4 Å². The van der Waals surface area contributed by atoms with Gasteiger partial charge >= 0.3 is 0 Å². The number of ether oxygens (including phenoxy) is 2. The second-order valence-electron chi connectivity index (χ2n) is 7.00. The van der Waals surface area contributed by atoms with Crippen LogP contribution in [0.15, 0.2) is 30.0 Å². The summed E-state index contributed by atoms with van der Waals surface area (Å²) in [6.45, 7) is 11.4. The number of nitrogens with zero attached hydrogens (tertiary/aromatic N) is 2. The molecular formula is C21H29N3O3. The lowest BCUT2D eigenvalue weighted by molar-refractivity contribution is -0.138. The van der Waals surface area contributed by atoms with Crippen molar-refractivity contribution in [3.63, 3.8) is 0 Å². The van der Waals surface area contributed by atoms with E-state index in [0.29, 0.717) is 19.7 Å². The highest BCUT2D eigenvalue weighted by molar-refractivity contribution is 5.97. The molecule has 27 heavy (non-hydrogen) atoms. The second-order valence-corrected chi connectivity index (χ2v) is 7.00. The van der Waals surface area contributed by atoms with Crippen molar-refractivity contribution in [1.82, 2.24) is 10.2 Å². The molecule has 1 N–H and O–H groups in total. The summed E-state index contributed by atoms with van der Waals surface area (Å²) in [6, 6.07) is 7.92. The molecular weight excluding hydrogens is 342 g/mol. The number of carbonyl (C=O) groups excluding carboxylic acids is 1. The number of hydrogen-bond acceptors (Lipinski definition) is 5. The third-order valence-corrected chi connectivity index (χ3v) is 4.47. The lowest BCUT2D eigenvalue weighted by atomic mass is 10.0. The van der Waals surface area contributed by atoms with Gasteiger partial charge < -0.3 is 19.7 Å². The van der Waals surface area contributed by atoms with E-state index in [0.717, 1.165) is 16.9 Å². The molecule has 1 aromatic rings. The molecule has 0 spiro atoms. The van der Waals surface area contributed by atoms with Crippen LogP contribution in [0.5, 0.6) is 5.75 Å². The quantitative estimate of drug-likeness (QED) is 0.614. The van der Waals surface area contributed by atoms with E-state index >= 15 is 0 Å². The summed E-state index contributed by atoms with van der Waals surface area (Å²) in [5, 5.41) is 12.6. The van der Waals surface area contributed by atoms with Crippen LogP contribution >= 0.6 is 0 Å².